The van der Waals surface area contributed by atoms with E-state index in [1.165, 1.54) is 0 Å². The van der Waals surface area contributed by atoms with Gasteiger partial charge in [0.05, 0.1) is 34.9 Å². The predicted molar refractivity (Wildman–Crippen MR) is 117 cm³/mol. The highest BCUT2D eigenvalue weighted by molar-refractivity contribution is 9.10. The highest BCUT2D eigenvalue weighted by atomic mass is 79.9. The van der Waals surface area contributed by atoms with E-state index in [2.05, 4.69) is 32.7 Å². The Morgan fingerprint density at radius 2 is 2.00 bits per heavy atom. The Balaban J connectivity index is 2.12. The van der Waals surface area contributed by atoms with Gasteiger partial charge in [0.25, 0.3) is 0 Å². The number of aromatic carboxylic acids is 1. The number of aromatic nitrogens is 1. The molecule has 7 heteroatoms. The second-order valence-electron chi connectivity index (χ2n) is 6.50. The molecule has 0 radical (unpaired) electrons. The van der Waals surface area contributed by atoms with Crippen molar-refractivity contribution in [1.82, 2.24) is 4.57 Å². The molecule has 2 N–H and O–H groups in total. The second kappa shape index (κ2) is 8.88. The fraction of sp³-hybridized carbons (Fsp3) is 0.286. The van der Waals surface area contributed by atoms with Crippen LogP contribution in [-0.2, 0) is 13.1 Å². The normalized spacial score (nSPS) is 11.0. The molecule has 1 aromatic heterocycles. The number of unbranched alkanes of at least 4 members (excludes halogenated alkanes) is 1. The lowest BCUT2D eigenvalue weighted by Crippen LogP contribution is -2.12. The lowest BCUT2D eigenvalue weighted by atomic mass is 10.1. The van der Waals surface area contributed by atoms with Crippen LogP contribution in [0.1, 0.15) is 35.8 Å². The molecule has 0 spiro atoms. The fourth-order valence-corrected chi connectivity index (χ4v) is 3.93. The largest absolute Gasteiger partial charge is 0.496 e. The van der Waals surface area contributed by atoms with Crippen LogP contribution in [-0.4, -0.2) is 22.8 Å². The van der Waals surface area contributed by atoms with Gasteiger partial charge in [-0.25, -0.2) is 4.79 Å². The standard InChI is InChI=1S/C21H22BrClN2O3/c1-3-4-9-25-17-11-16(22)19(28-2)10-15(17)20(21(26)27)18(25)12-24-14-7-5-13(23)6-8-14/h5-8,10-11,24H,3-4,9,12H2,1-2H3,(H,26,27). The van der Waals surface area contributed by atoms with E-state index in [1.807, 2.05) is 18.2 Å². The maximum Gasteiger partial charge on any atom is 0.338 e. The van der Waals surface area contributed by atoms with Crippen LogP contribution in [0, 0.1) is 0 Å². The smallest absolute Gasteiger partial charge is 0.338 e. The van der Waals surface area contributed by atoms with E-state index in [0.29, 0.717) is 28.3 Å². The topological polar surface area (TPSA) is 63.5 Å². The Kier molecular flexibility index (Phi) is 6.52. The second-order valence-corrected chi connectivity index (χ2v) is 7.79. The number of carboxylic acid groups (broad SMARTS) is 1. The Labute approximate surface area is 177 Å². The molecular formula is C21H22BrClN2O3. The third kappa shape index (κ3) is 4.13. The van der Waals surface area contributed by atoms with Gasteiger partial charge in [-0.1, -0.05) is 24.9 Å². The zero-order valence-corrected chi connectivity index (χ0v) is 18.1. The summed E-state index contributed by atoms with van der Waals surface area (Å²) < 4.78 is 8.27. The van der Waals surface area contributed by atoms with Gasteiger partial charge in [0.15, 0.2) is 0 Å². The Bertz CT molecular complexity index is 999. The van der Waals surface area contributed by atoms with E-state index >= 15 is 0 Å². The third-order valence-corrected chi connectivity index (χ3v) is 5.57. The molecule has 1 heterocycles. The van der Waals surface area contributed by atoms with E-state index in [0.717, 1.165) is 40.8 Å². The van der Waals surface area contributed by atoms with E-state index < -0.39 is 5.97 Å². The summed E-state index contributed by atoms with van der Waals surface area (Å²) in [6, 6.07) is 11.1. The van der Waals surface area contributed by atoms with Gasteiger partial charge in [-0.2, -0.15) is 0 Å². The summed E-state index contributed by atoms with van der Waals surface area (Å²) in [5.74, 6) is -0.336. The summed E-state index contributed by atoms with van der Waals surface area (Å²) in [6.07, 6.45) is 1.98. The minimum atomic E-state index is -0.947. The van der Waals surface area contributed by atoms with E-state index in [1.54, 1.807) is 25.3 Å². The quantitative estimate of drug-likeness (QED) is 0.417. The average molecular weight is 466 g/mol. The highest BCUT2D eigenvalue weighted by Crippen LogP contribution is 2.36. The number of fused-ring (bicyclic) bond motifs is 1. The first-order chi connectivity index (χ1) is 13.5. The lowest BCUT2D eigenvalue weighted by Gasteiger charge is -2.13. The fourth-order valence-electron chi connectivity index (χ4n) is 3.31. The first kappa shape index (κ1) is 20.6. The first-order valence-electron chi connectivity index (χ1n) is 9.07. The summed E-state index contributed by atoms with van der Waals surface area (Å²) in [7, 11) is 1.57. The number of carbonyl (C=O) groups is 1. The van der Waals surface area contributed by atoms with Crippen molar-refractivity contribution < 1.29 is 14.6 Å². The van der Waals surface area contributed by atoms with Crippen LogP contribution in [0.5, 0.6) is 5.75 Å². The van der Waals surface area contributed by atoms with Crippen LogP contribution >= 0.6 is 27.5 Å². The van der Waals surface area contributed by atoms with Crippen LogP contribution in [0.25, 0.3) is 10.9 Å². The van der Waals surface area contributed by atoms with Gasteiger partial charge in [-0.05, 0) is 58.7 Å². The van der Waals surface area contributed by atoms with Gasteiger partial charge in [0, 0.05) is 22.6 Å². The summed E-state index contributed by atoms with van der Waals surface area (Å²) in [4.78, 5) is 12.2. The molecule has 0 unspecified atom stereocenters. The number of ether oxygens (including phenoxy) is 1. The molecule has 2 aromatic carbocycles. The van der Waals surface area contributed by atoms with Crippen LogP contribution in [0.4, 0.5) is 5.69 Å². The van der Waals surface area contributed by atoms with Gasteiger partial charge >= 0.3 is 5.97 Å². The molecule has 0 aliphatic rings. The lowest BCUT2D eigenvalue weighted by molar-refractivity contribution is 0.0697. The predicted octanol–water partition coefficient (Wildman–Crippen LogP) is 6.18. The van der Waals surface area contributed by atoms with Crippen LogP contribution in [0.15, 0.2) is 40.9 Å². The van der Waals surface area contributed by atoms with Crippen molar-refractivity contribution in [3.8, 4) is 5.75 Å². The number of methoxy groups -OCH3 is 1. The number of anilines is 1. The van der Waals surface area contributed by atoms with Gasteiger partial charge in [-0.15, -0.1) is 0 Å². The summed E-state index contributed by atoms with van der Waals surface area (Å²) in [6.45, 7) is 3.26. The number of benzene rings is 2. The van der Waals surface area contributed by atoms with Crippen LogP contribution < -0.4 is 10.1 Å². The van der Waals surface area contributed by atoms with Crippen molar-refractivity contribution in [3.63, 3.8) is 0 Å². The molecule has 0 saturated heterocycles. The third-order valence-electron chi connectivity index (χ3n) is 4.70. The van der Waals surface area contributed by atoms with Gasteiger partial charge in [-0.3, -0.25) is 0 Å². The summed E-state index contributed by atoms with van der Waals surface area (Å²) in [5.41, 5.74) is 2.81. The number of aryl methyl sites for hydroxylation is 1. The molecule has 0 amide bonds. The average Bonchev–Trinajstić information content (AvgIpc) is 2.97. The molecule has 0 atom stereocenters. The number of carboxylic acids is 1. The zero-order chi connectivity index (χ0) is 20.3. The molecule has 3 rings (SSSR count). The number of rotatable bonds is 8. The summed E-state index contributed by atoms with van der Waals surface area (Å²) in [5, 5.41) is 14.6. The van der Waals surface area contributed by atoms with Crippen molar-refractivity contribution in [2.24, 2.45) is 0 Å². The number of hydrogen-bond donors (Lipinski definition) is 2. The number of nitrogens with zero attached hydrogens (tertiary/aromatic N) is 1. The monoisotopic (exact) mass is 464 g/mol. The van der Waals surface area contributed by atoms with E-state index in [-0.39, 0.29) is 0 Å². The van der Waals surface area contributed by atoms with Gasteiger partial charge < -0.3 is 19.7 Å². The molecule has 3 aromatic rings. The van der Waals surface area contributed by atoms with Crippen LogP contribution in [0.3, 0.4) is 0 Å². The zero-order valence-electron chi connectivity index (χ0n) is 15.8. The molecule has 0 saturated carbocycles. The minimum Gasteiger partial charge on any atom is -0.496 e. The van der Waals surface area contributed by atoms with E-state index in [9.17, 15) is 9.90 Å². The Morgan fingerprint density at radius 3 is 2.61 bits per heavy atom. The number of nitrogens with one attached hydrogen (secondary N) is 1. The maximum atomic E-state index is 12.2. The molecule has 5 nitrogen and oxygen atoms in total. The minimum absolute atomic E-state index is 0.304. The molecule has 0 bridgehead atoms. The molecular weight excluding hydrogens is 444 g/mol. The first-order valence-corrected chi connectivity index (χ1v) is 10.2. The number of halogens is 2. The highest BCUT2D eigenvalue weighted by Gasteiger charge is 2.23. The Hall–Kier alpha value is -2.18. The van der Waals surface area contributed by atoms with Crippen LogP contribution in [0.2, 0.25) is 5.02 Å². The SMILES string of the molecule is CCCCn1c(CNc2ccc(Cl)cc2)c(C(=O)O)c2cc(OC)c(Br)cc21. The van der Waals surface area contributed by atoms with Gasteiger partial charge in [0.2, 0.25) is 0 Å². The van der Waals surface area contributed by atoms with Crippen molar-refractivity contribution in [1.29, 1.82) is 0 Å². The van der Waals surface area contributed by atoms with Crippen molar-refractivity contribution >= 4 is 50.1 Å². The number of hydrogen-bond acceptors (Lipinski definition) is 3. The summed E-state index contributed by atoms with van der Waals surface area (Å²) >= 11 is 9.47. The van der Waals surface area contributed by atoms with E-state index in [4.69, 9.17) is 16.3 Å². The molecule has 0 fully saturated rings. The van der Waals surface area contributed by atoms with Crippen molar-refractivity contribution in [2.45, 2.75) is 32.9 Å². The van der Waals surface area contributed by atoms with Crippen molar-refractivity contribution in [2.75, 3.05) is 12.4 Å². The molecule has 0 aliphatic heterocycles. The van der Waals surface area contributed by atoms with Crippen molar-refractivity contribution in [3.05, 3.63) is 57.2 Å². The molecule has 148 valence electrons. The molecule has 0 aliphatic carbocycles. The Morgan fingerprint density at radius 1 is 1.29 bits per heavy atom. The van der Waals surface area contributed by atoms with Gasteiger partial charge in [0.1, 0.15) is 5.75 Å². The molecule has 28 heavy (non-hydrogen) atoms. The maximum absolute atomic E-state index is 12.2.